The van der Waals surface area contributed by atoms with Gasteiger partial charge in [0.25, 0.3) is 0 Å². The largest absolute Gasteiger partial charge is 0.378 e. The van der Waals surface area contributed by atoms with Gasteiger partial charge in [-0.25, -0.2) is 0 Å². The van der Waals surface area contributed by atoms with Gasteiger partial charge in [-0.3, -0.25) is 4.79 Å². The summed E-state index contributed by atoms with van der Waals surface area (Å²) in [7, 11) is 4.11. The van der Waals surface area contributed by atoms with Crippen molar-refractivity contribution in [2.24, 2.45) is 0 Å². The van der Waals surface area contributed by atoms with Gasteiger partial charge in [0.15, 0.2) is 0 Å². The first kappa shape index (κ1) is 13.1. The summed E-state index contributed by atoms with van der Waals surface area (Å²) in [6.07, 6.45) is 2.54. The number of benzene rings is 1. The van der Waals surface area contributed by atoms with Crippen LogP contribution in [0.15, 0.2) is 24.3 Å². The summed E-state index contributed by atoms with van der Waals surface area (Å²) in [6, 6.07) is 8.72. The van der Waals surface area contributed by atoms with Crippen LogP contribution in [0.2, 0.25) is 0 Å². The number of ketones is 1. The number of rotatable bonds is 4. The molecule has 3 nitrogen and oxygen atoms in total. The van der Waals surface area contributed by atoms with Gasteiger partial charge in [-0.05, 0) is 24.1 Å². The average Bonchev–Trinajstić information content (AvgIpc) is 2.38. The number of Topliss-reactive ketones (excluding diaryl/α,β-unsaturated/α-hetero) is 1. The predicted molar refractivity (Wildman–Crippen MR) is 75.2 cm³/mol. The van der Waals surface area contributed by atoms with Crippen LogP contribution in [-0.4, -0.2) is 44.4 Å². The van der Waals surface area contributed by atoms with E-state index in [0.717, 1.165) is 38.9 Å². The molecule has 1 aliphatic heterocycles. The molecule has 1 fully saturated rings. The van der Waals surface area contributed by atoms with Crippen LogP contribution in [0.5, 0.6) is 0 Å². The lowest BCUT2D eigenvalue weighted by Crippen LogP contribution is -2.35. The molecule has 1 aliphatic rings. The highest BCUT2D eigenvalue weighted by atomic mass is 16.1. The van der Waals surface area contributed by atoms with Crippen LogP contribution in [0.4, 0.5) is 5.69 Å². The molecule has 0 amide bonds. The van der Waals surface area contributed by atoms with E-state index in [2.05, 4.69) is 48.2 Å². The van der Waals surface area contributed by atoms with E-state index in [4.69, 9.17) is 0 Å². The zero-order valence-electron chi connectivity index (χ0n) is 11.4. The van der Waals surface area contributed by atoms with Crippen LogP contribution in [-0.2, 0) is 11.2 Å². The van der Waals surface area contributed by atoms with Crippen molar-refractivity contribution in [2.45, 2.75) is 19.3 Å². The fourth-order valence-corrected chi connectivity index (χ4v) is 2.27. The molecule has 0 atom stereocenters. The van der Waals surface area contributed by atoms with E-state index in [0.29, 0.717) is 5.78 Å². The third kappa shape index (κ3) is 3.57. The summed E-state index contributed by atoms with van der Waals surface area (Å²) in [6.45, 7) is 2.94. The summed E-state index contributed by atoms with van der Waals surface area (Å²) in [4.78, 5) is 15.7. The Morgan fingerprint density at radius 1 is 1.11 bits per heavy atom. The van der Waals surface area contributed by atoms with Gasteiger partial charge in [-0.1, -0.05) is 12.1 Å². The average molecular weight is 246 g/mol. The Hall–Kier alpha value is -1.35. The van der Waals surface area contributed by atoms with Gasteiger partial charge in [0.05, 0.1) is 0 Å². The number of piperidine rings is 1. The van der Waals surface area contributed by atoms with Crippen molar-refractivity contribution < 1.29 is 4.79 Å². The van der Waals surface area contributed by atoms with Gasteiger partial charge in [0.1, 0.15) is 5.78 Å². The maximum atomic E-state index is 11.2. The normalized spacial score (nSPS) is 16.9. The van der Waals surface area contributed by atoms with Crippen LogP contribution in [0, 0.1) is 0 Å². The van der Waals surface area contributed by atoms with Crippen LogP contribution < -0.4 is 4.90 Å². The zero-order chi connectivity index (χ0) is 13.0. The highest BCUT2D eigenvalue weighted by molar-refractivity contribution is 5.79. The van der Waals surface area contributed by atoms with Gasteiger partial charge in [-0.2, -0.15) is 0 Å². The Morgan fingerprint density at radius 3 is 2.28 bits per heavy atom. The molecule has 0 radical (unpaired) electrons. The van der Waals surface area contributed by atoms with Crippen LogP contribution in [0.25, 0.3) is 0 Å². The van der Waals surface area contributed by atoms with Crippen molar-refractivity contribution >= 4 is 11.5 Å². The molecule has 0 unspecified atom stereocenters. The molecule has 0 aliphatic carbocycles. The number of hydrogen-bond acceptors (Lipinski definition) is 3. The summed E-state index contributed by atoms with van der Waals surface area (Å²) < 4.78 is 0. The summed E-state index contributed by atoms with van der Waals surface area (Å²) >= 11 is 0. The van der Waals surface area contributed by atoms with Crippen LogP contribution in [0.1, 0.15) is 18.4 Å². The number of carbonyl (C=O) groups is 1. The fraction of sp³-hybridized carbons (Fsp3) is 0.533. The van der Waals surface area contributed by atoms with E-state index in [1.165, 1.54) is 11.3 Å². The number of hydrogen-bond donors (Lipinski definition) is 0. The minimum Gasteiger partial charge on any atom is -0.378 e. The van der Waals surface area contributed by atoms with Gasteiger partial charge >= 0.3 is 0 Å². The van der Waals surface area contributed by atoms with Crippen LogP contribution >= 0.6 is 0 Å². The van der Waals surface area contributed by atoms with Gasteiger partial charge < -0.3 is 9.80 Å². The first-order valence-electron chi connectivity index (χ1n) is 6.65. The molecule has 98 valence electrons. The Morgan fingerprint density at radius 2 is 1.72 bits per heavy atom. The molecule has 1 aromatic carbocycles. The molecule has 3 heteroatoms. The quantitative estimate of drug-likeness (QED) is 0.811. The Labute approximate surface area is 109 Å². The Balaban J connectivity index is 1.81. The maximum Gasteiger partial charge on any atom is 0.135 e. The summed E-state index contributed by atoms with van der Waals surface area (Å²) in [5.41, 5.74) is 2.61. The van der Waals surface area contributed by atoms with Crippen molar-refractivity contribution in [3.05, 3.63) is 29.8 Å². The molecule has 0 spiro atoms. The second-order valence-electron chi connectivity index (χ2n) is 5.19. The topological polar surface area (TPSA) is 23.6 Å². The molecule has 2 rings (SSSR count). The van der Waals surface area contributed by atoms with E-state index < -0.39 is 0 Å². The molecule has 1 aromatic rings. The van der Waals surface area contributed by atoms with Crippen molar-refractivity contribution in [1.29, 1.82) is 0 Å². The lowest BCUT2D eigenvalue weighted by molar-refractivity contribution is -0.121. The standard InChI is InChI=1S/C15H22N2O/c1-16(2)14-5-3-13(4-6-14)7-10-17-11-8-15(18)9-12-17/h3-6H,7-12H2,1-2H3. The smallest absolute Gasteiger partial charge is 0.135 e. The van der Waals surface area contributed by atoms with Gasteiger partial charge in [0, 0.05) is 52.3 Å². The first-order chi connectivity index (χ1) is 8.65. The second kappa shape index (κ2) is 6.01. The van der Waals surface area contributed by atoms with E-state index in [-0.39, 0.29) is 0 Å². The van der Waals surface area contributed by atoms with Gasteiger partial charge in [0.2, 0.25) is 0 Å². The first-order valence-corrected chi connectivity index (χ1v) is 6.65. The van der Waals surface area contributed by atoms with Crippen LogP contribution in [0.3, 0.4) is 0 Å². The third-order valence-electron chi connectivity index (χ3n) is 3.58. The number of carbonyl (C=O) groups excluding carboxylic acids is 1. The van der Waals surface area contributed by atoms with E-state index in [1.807, 2.05) is 0 Å². The molecule has 18 heavy (non-hydrogen) atoms. The lowest BCUT2D eigenvalue weighted by atomic mass is 10.1. The Bertz CT molecular complexity index is 387. The van der Waals surface area contributed by atoms with Crippen molar-refractivity contribution in [2.75, 3.05) is 38.6 Å². The number of anilines is 1. The molecule has 1 heterocycles. The molecular weight excluding hydrogens is 224 g/mol. The lowest BCUT2D eigenvalue weighted by Gasteiger charge is -2.25. The third-order valence-corrected chi connectivity index (χ3v) is 3.58. The maximum absolute atomic E-state index is 11.2. The molecule has 0 bridgehead atoms. The molecule has 1 saturated heterocycles. The highest BCUT2D eigenvalue weighted by Gasteiger charge is 2.15. The minimum atomic E-state index is 0.418. The number of nitrogens with zero attached hydrogens (tertiary/aromatic N) is 2. The summed E-state index contributed by atoms with van der Waals surface area (Å²) in [5, 5.41) is 0. The fourth-order valence-electron chi connectivity index (χ4n) is 2.27. The summed E-state index contributed by atoms with van der Waals surface area (Å²) in [5.74, 6) is 0.418. The monoisotopic (exact) mass is 246 g/mol. The molecular formula is C15H22N2O. The van der Waals surface area contributed by atoms with Crippen molar-refractivity contribution in [3.63, 3.8) is 0 Å². The molecule has 0 saturated carbocycles. The second-order valence-corrected chi connectivity index (χ2v) is 5.19. The molecule has 0 N–H and O–H groups in total. The predicted octanol–water partition coefficient (Wildman–Crippen LogP) is 1.96. The Kier molecular flexibility index (Phi) is 4.37. The number of likely N-dealkylation sites (tertiary alicyclic amines) is 1. The van der Waals surface area contributed by atoms with Crippen molar-refractivity contribution in [1.82, 2.24) is 4.90 Å². The molecule has 0 aromatic heterocycles. The van der Waals surface area contributed by atoms with Gasteiger partial charge in [-0.15, -0.1) is 0 Å². The highest BCUT2D eigenvalue weighted by Crippen LogP contribution is 2.13. The minimum absolute atomic E-state index is 0.418. The van der Waals surface area contributed by atoms with E-state index >= 15 is 0 Å². The van der Waals surface area contributed by atoms with Crippen molar-refractivity contribution in [3.8, 4) is 0 Å². The van der Waals surface area contributed by atoms with E-state index in [9.17, 15) is 4.79 Å². The zero-order valence-corrected chi connectivity index (χ0v) is 11.4. The SMILES string of the molecule is CN(C)c1ccc(CCN2CCC(=O)CC2)cc1. The van der Waals surface area contributed by atoms with E-state index in [1.54, 1.807) is 0 Å².